The Hall–Kier alpha value is -0.830. The van der Waals surface area contributed by atoms with E-state index in [9.17, 15) is 0 Å². The first-order valence-electron chi connectivity index (χ1n) is 4.91. The number of hydrogen-bond donors (Lipinski definition) is 1. The first-order valence-corrected chi connectivity index (χ1v) is 6.10. The van der Waals surface area contributed by atoms with Gasteiger partial charge in [-0.2, -0.15) is 0 Å². The number of benzene rings is 1. The fraction of sp³-hybridized carbons (Fsp3) is 0.167. The van der Waals surface area contributed by atoms with Crippen molar-refractivity contribution in [3.8, 4) is 10.4 Å². The average Bonchev–Trinajstić information content (AvgIpc) is 2.78. The molecule has 76 valence electrons. The van der Waals surface area contributed by atoms with Gasteiger partial charge in [0.25, 0.3) is 0 Å². The van der Waals surface area contributed by atoms with Crippen LogP contribution in [0.1, 0.15) is 10.4 Å². The van der Waals surface area contributed by atoms with Crippen LogP contribution in [-0.2, 0) is 13.1 Å². The Morgan fingerprint density at radius 1 is 1.13 bits per heavy atom. The summed E-state index contributed by atoms with van der Waals surface area (Å²) in [6.07, 6.45) is 0. The molecule has 0 fully saturated rings. The molecule has 0 amide bonds. The molecule has 3 heteroatoms. The summed E-state index contributed by atoms with van der Waals surface area (Å²) in [6.45, 7) is 2.03. The van der Waals surface area contributed by atoms with E-state index in [1.807, 2.05) is 23.5 Å². The van der Waals surface area contributed by atoms with Gasteiger partial charge in [-0.05, 0) is 29.3 Å². The minimum atomic E-state index is 0.796. The Kier molecular flexibility index (Phi) is 2.28. The van der Waals surface area contributed by atoms with Crippen LogP contribution >= 0.6 is 22.9 Å². The smallest absolute Gasteiger partial charge is 0.0406 e. The SMILES string of the molecule is Clc1ccc(-c2cc3c(s2)CNC3)cc1. The van der Waals surface area contributed by atoms with Gasteiger partial charge in [-0.1, -0.05) is 23.7 Å². The van der Waals surface area contributed by atoms with Crippen molar-refractivity contribution in [1.29, 1.82) is 0 Å². The molecule has 0 unspecified atom stereocenters. The van der Waals surface area contributed by atoms with Crippen molar-refractivity contribution in [2.24, 2.45) is 0 Å². The van der Waals surface area contributed by atoms with Crippen LogP contribution in [-0.4, -0.2) is 0 Å². The third kappa shape index (κ3) is 1.69. The number of fused-ring (bicyclic) bond motifs is 1. The Bertz CT molecular complexity index is 465. The topological polar surface area (TPSA) is 12.0 Å². The third-order valence-corrected chi connectivity index (χ3v) is 4.10. The van der Waals surface area contributed by atoms with Gasteiger partial charge in [-0.15, -0.1) is 11.3 Å². The molecule has 0 aliphatic carbocycles. The molecule has 0 atom stereocenters. The maximum Gasteiger partial charge on any atom is 0.0406 e. The molecule has 1 N–H and O–H groups in total. The van der Waals surface area contributed by atoms with Gasteiger partial charge in [0.2, 0.25) is 0 Å². The van der Waals surface area contributed by atoms with E-state index >= 15 is 0 Å². The van der Waals surface area contributed by atoms with Crippen molar-refractivity contribution in [3.63, 3.8) is 0 Å². The van der Waals surface area contributed by atoms with Gasteiger partial charge in [0.05, 0.1) is 0 Å². The Morgan fingerprint density at radius 2 is 1.93 bits per heavy atom. The predicted molar refractivity (Wildman–Crippen MR) is 65.3 cm³/mol. The van der Waals surface area contributed by atoms with E-state index in [0.717, 1.165) is 18.1 Å². The van der Waals surface area contributed by atoms with Crippen molar-refractivity contribution in [3.05, 3.63) is 45.8 Å². The highest BCUT2D eigenvalue weighted by Crippen LogP contribution is 2.34. The van der Waals surface area contributed by atoms with E-state index in [4.69, 9.17) is 11.6 Å². The fourth-order valence-corrected chi connectivity index (χ4v) is 3.12. The van der Waals surface area contributed by atoms with Crippen molar-refractivity contribution in [2.75, 3.05) is 0 Å². The summed E-state index contributed by atoms with van der Waals surface area (Å²) in [5, 5.41) is 4.14. The van der Waals surface area contributed by atoms with Gasteiger partial charge >= 0.3 is 0 Å². The molecule has 2 aromatic rings. The molecule has 0 bridgehead atoms. The van der Waals surface area contributed by atoms with E-state index in [0.29, 0.717) is 0 Å². The summed E-state index contributed by atoms with van der Waals surface area (Å²) in [5.41, 5.74) is 2.71. The Morgan fingerprint density at radius 3 is 2.67 bits per heavy atom. The van der Waals surface area contributed by atoms with Gasteiger partial charge in [-0.3, -0.25) is 0 Å². The van der Waals surface area contributed by atoms with Gasteiger partial charge in [0, 0.05) is 27.9 Å². The molecule has 1 nitrogen and oxygen atoms in total. The normalized spacial score (nSPS) is 14.2. The second-order valence-corrected chi connectivity index (χ2v) is 5.24. The molecule has 0 saturated carbocycles. The maximum atomic E-state index is 5.87. The lowest BCUT2D eigenvalue weighted by Crippen LogP contribution is -2.00. The Balaban J connectivity index is 2.02. The zero-order valence-corrected chi connectivity index (χ0v) is 9.66. The highest BCUT2D eigenvalue weighted by atomic mass is 35.5. The molecule has 1 aromatic carbocycles. The maximum absolute atomic E-state index is 5.87. The second kappa shape index (κ2) is 3.63. The number of nitrogens with one attached hydrogen (secondary N) is 1. The molecular weight excluding hydrogens is 226 g/mol. The summed E-state index contributed by atoms with van der Waals surface area (Å²) < 4.78 is 0. The first kappa shape index (κ1) is 9.40. The van der Waals surface area contributed by atoms with E-state index < -0.39 is 0 Å². The molecule has 0 spiro atoms. The van der Waals surface area contributed by atoms with Crippen LogP contribution < -0.4 is 5.32 Å². The fourth-order valence-electron chi connectivity index (χ4n) is 1.83. The zero-order chi connectivity index (χ0) is 10.3. The molecule has 2 heterocycles. The standard InChI is InChI=1S/C12H10ClNS/c13-10-3-1-8(2-4-10)11-5-9-6-14-7-12(9)15-11/h1-5,14H,6-7H2. The van der Waals surface area contributed by atoms with Crippen LogP contribution in [0.4, 0.5) is 0 Å². The van der Waals surface area contributed by atoms with Crippen LogP contribution in [0.2, 0.25) is 5.02 Å². The Labute approximate surface area is 97.7 Å². The molecule has 3 rings (SSSR count). The molecule has 1 aromatic heterocycles. The zero-order valence-electron chi connectivity index (χ0n) is 8.09. The summed E-state index contributed by atoms with van der Waals surface area (Å²) >= 11 is 7.74. The average molecular weight is 236 g/mol. The molecule has 0 saturated heterocycles. The van der Waals surface area contributed by atoms with E-state index in [2.05, 4.69) is 23.5 Å². The third-order valence-electron chi connectivity index (χ3n) is 2.63. The summed E-state index contributed by atoms with van der Waals surface area (Å²) in [5.74, 6) is 0. The molecule has 0 radical (unpaired) electrons. The minimum absolute atomic E-state index is 0.796. The highest BCUT2D eigenvalue weighted by molar-refractivity contribution is 7.15. The van der Waals surface area contributed by atoms with Crippen LogP contribution in [0.5, 0.6) is 0 Å². The van der Waals surface area contributed by atoms with Crippen molar-refractivity contribution >= 4 is 22.9 Å². The summed E-state index contributed by atoms with van der Waals surface area (Å²) in [4.78, 5) is 2.82. The lowest BCUT2D eigenvalue weighted by atomic mass is 10.1. The monoisotopic (exact) mass is 235 g/mol. The number of hydrogen-bond acceptors (Lipinski definition) is 2. The lowest BCUT2D eigenvalue weighted by Gasteiger charge is -1.97. The lowest BCUT2D eigenvalue weighted by molar-refractivity contribution is 0.767. The highest BCUT2D eigenvalue weighted by Gasteiger charge is 2.14. The van der Waals surface area contributed by atoms with E-state index in [1.165, 1.54) is 20.9 Å². The predicted octanol–water partition coefficient (Wildman–Crippen LogP) is 3.67. The first-order chi connectivity index (χ1) is 7.33. The van der Waals surface area contributed by atoms with Crippen molar-refractivity contribution in [2.45, 2.75) is 13.1 Å². The number of rotatable bonds is 1. The summed E-state index contributed by atoms with van der Waals surface area (Å²) in [7, 11) is 0. The number of halogens is 1. The van der Waals surface area contributed by atoms with Gasteiger partial charge < -0.3 is 5.32 Å². The van der Waals surface area contributed by atoms with Crippen LogP contribution in [0.3, 0.4) is 0 Å². The van der Waals surface area contributed by atoms with Gasteiger partial charge in [0.1, 0.15) is 0 Å². The van der Waals surface area contributed by atoms with Gasteiger partial charge in [-0.25, -0.2) is 0 Å². The molecule has 1 aliphatic heterocycles. The summed E-state index contributed by atoms with van der Waals surface area (Å²) in [6, 6.07) is 10.3. The molecular formula is C12H10ClNS. The van der Waals surface area contributed by atoms with Crippen LogP contribution in [0.15, 0.2) is 30.3 Å². The largest absolute Gasteiger partial charge is 0.308 e. The van der Waals surface area contributed by atoms with E-state index in [1.54, 1.807) is 0 Å². The van der Waals surface area contributed by atoms with Crippen LogP contribution in [0, 0.1) is 0 Å². The van der Waals surface area contributed by atoms with E-state index in [-0.39, 0.29) is 0 Å². The van der Waals surface area contributed by atoms with Crippen LogP contribution in [0.25, 0.3) is 10.4 Å². The quantitative estimate of drug-likeness (QED) is 0.795. The molecule has 1 aliphatic rings. The second-order valence-electron chi connectivity index (χ2n) is 3.67. The van der Waals surface area contributed by atoms with Crippen molar-refractivity contribution < 1.29 is 0 Å². The van der Waals surface area contributed by atoms with Crippen molar-refractivity contribution in [1.82, 2.24) is 5.32 Å². The minimum Gasteiger partial charge on any atom is -0.308 e. The van der Waals surface area contributed by atoms with Gasteiger partial charge in [0.15, 0.2) is 0 Å². The molecule has 15 heavy (non-hydrogen) atoms. The number of thiophene rings is 1.